The first-order valence-corrected chi connectivity index (χ1v) is 9.33. The summed E-state index contributed by atoms with van der Waals surface area (Å²) in [7, 11) is 0. The number of benzene rings is 1. The van der Waals surface area contributed by atoms with Crippen LogP contribution in [0.1, 0.15) is 56.2 Å². The Morgan fingerprint density at radius 3 is 2.81 bits per heavy atom. The zero-order valence-corrected chi connectivity index (χ0v) is 14.7. The normalized spacial score (nSPS) is 23.4. The summed E-state index contributed by atoms with van der Waals surface area (Å²) < 4.78 is 1.29. The van der Waals surface area contributed by atoms with Gasteiger partial charge >= 0.3 is 0 Å². The molecule has 1 aliphatic carbocycles. The largest absolute Gasteiger partial charge is 0.307 e. The van der Waals surface area contributed by atoms with Crippen molar-refractivity contribution in [2.45, 2.75) is 57.5 Å². The molecule has 2 nitrogen and oxygen atoms in total. The molecule has 0 amide bonds. The Labute approximate surface area is 137 Å². The van der Waals surface area contributed by atoms with Gasteiger partial charge in [0.2, 0.25) is 0 Å². The van der Waals surface area contributed by atoms with Gasteiger partial charge in [-0.15, -0.1) is 0 Å². The second-order valence-electron chi connectivity index (χ2n) is 6.54. The SMILES string of the molecule is CCCCN1CCC(NC2CCc3c(Br)cccc32)CC1. The van der Waals surface area contributed by atoms with E-state index in [0.717, 1.165) is 0 Å². The standard InChI is InChI=1S/C18H27BrN2/c1-2-3-11-21-12-9-14(10-13-21)20-18-8-7-15-16(18)5-4-6-17(15)19/h4-6,14,18,20H,2-3,7-13H2,1H3. The minimum absolute atomic E-state index is 0.574. The summed E-state index contributed by atoms with van der Waals surface area (Å²) in [5, 5.41) is 3.93. The topological polar surface area (TPSA) is 15.3 Å². The van der Waals surface area contributed by atoms with Crippen LogP contribution < -0.4 is 5.32 Å². The summed E-state index contributed by atoms with van der Waals surface area (Å²) in [6, 6.07) is 7.94. The Hall–Kier alpha value is -0.380. The molecule has 1 fully saturated rings. The quantitative estimate of drug-likeness (QED) is 0.851. The maximum Gasteiger partial charge on any atom is 0.0328 e. The van der Waals surface area contributed by atoms with Crippen molar-refractivity contribution in [3.05, 3.63) is 33.8 Å². The fourth-order valence-electron chi connectivity index (χ4n) is 3.77. The van der Waals surface area contributed by atoms with Crippen molar-refractivity contribution >= 4 is 15.9 Å². The highest BCUT2D eigenvalue weighted by Gasteiger charge is 2.27. The average Bonchev–Trinajstić information content (AvgIpc) is 2.91. The first kappa shape index (κ1) is 15.5. The van der Waals surface area contributed by atoms with Crippen molar-refractivity contribution in [1.29, 1.82) is 0 Å². The molecule has 0 saturated carbocycles. The van der Waals surface area contributed by atoms with E-state index in [4.69, 9.17) is 0 Å². The molecule has 1 aromatic carbocycles. The van der Waals surface area contributed by atoms with E-state index in [1.165, 1.54) is 73.8 Å². The molecule has 3 rings (SSSR count). The predicted molar refractivity (Wildman–Crippen MR) is 92.7 cm³/mol. The van der Waals surface area contributed by atoms with Gasteiger partial charge < -0.3 is 10.2 Å². The lowest BCUT2D eigenvalue weighted by molar-refractivity contribution is 0.188. The molecular formula is C18H27BrN2. The van der Waals surface area contributed by atoms with E-state index < -0.39 is 0 Å². The summed E-state index contributed by atoms with van der Waals surface area (Å²) in [6.07, 6.45) is 7.75. The van der Waals surface area contributed by atoms with Gasteiger partial charge in [0.05, 0.1) is 0 Å². The number of piperidine rings is 1. The van der Waals surface area contributed by atoms with Crippen LogP contribution in [0.4, 0.5) is 0 Å². The van der Waals surface area contributed by atoms with Crippen molar-refractivity contribution in [3.63, 3.8) is 0 Å². The Morgan fingerprint density at radius 1 is 1.24 bits per heavy atom. The van der Waals surface area contributed by atoms with Crippen molar-refractivity contribution in [2.75, 3.05) is 19.6 Å². The summed E-state index contributed by atoms with van der Waals surface area (Å²) in [6.45, 7) is 6.12. The molecule has 0 spiro atoms. The van der Waals surface area contributed by atoms with Crippen LogP contribution in [-0.4, -0.2) is 30.6 Å². The van der Waals surface area contributed by atoms with Crippen molar-refractivity contribution < 1.29 is 0 Å². The Morgan fingerprint density at radius 2 is 2.05 bits per heavy atom. The molecule has 0 radical (unpaired) electrons. The van der Waals surface area contributed by atoms with Crippen LogP contribution in [0.15, 0.2) is 22.7 Å². The molecule has 1 N–H and O–H groups in total. The third kappa shape index (κ3) is 3.69. The highest BCUT2D eigenvalue weighted by molar-refractivity contribution is 9.10. The van der Waals surface area contributed by atoms with Crippen LogP contribution in [0, 0.1) is 0 Å². The van der Waals surface area contributed by atoms with Gasteiger partial charge in [0.25, 0.3) is 0 Å². The van der Waals surface area contributed by atoms with Gasteiger partial charge in [0.15, 0.2) is 0 Å². The van der Waals surface area contributed by atoms with Crippen LogP contribution in [0.25, 0.3) is 0 Å². The molecular weight excluding hydrogens is 324 g/mol. The number of halogens is 1. The second-order valence-corrected chi connectivity index (χ2v) is 7.39. The number of hydrogen-bond acceptors (Lipinski definition) is 2. The van der Waals surface area contributed by atoms with Crippen LogP contribution in [-0.2, 0) is 6.42 Å². The molecule has 0 aromatic heterocycles. The predicted octanol–water partition coefficient (Wildman–Crippen LogP) is 4.29. The Kier molecular flexibility index (Phi) is 5.36. The van der Waals surface area contributed by atoms with E-state index >= 15 is 0 Å². The minimum atomic E-state index is 0.574. The van der Waals surface area contributed by atoms with E-state index in [1.807, 2.05) is 0 Å². The third-order valence-corrected chi connectivity index (χ3v) is 5.81. The molecule has 3 heteroatoms. The number of rotatable bonds is 5. The lowest BCUT2D eigenvalue weighted by Crippen LogP contribution is -2.43. The molecule has 1 atom stereocenters. The molecule has 1 saturated heterocycles. The van der Waals surface area contributed by atoms with Gasteiger partial charge in [0, 0.05) is 16.6 Å². The lowest BCUT2D eigenvalue weighted by atomic mass is 10.0. The van der Waals surface area contributed by atoms with E-state index in [1.54, 1.807) is 0 Å². The molecule has 1 aliphatic heterocycles. The number of nitrogens with zero attached hydrogens (tertiary/aromatic N) is 1. The van der Waals surface area contributed by atoms with E-state index in [-0.39, 0.29) is 0 Å². The number of unbranched alkanes of at least 4 members (excludes halogenated alkanes) is 1. The number of likely N-dealkylation sites (tertiary alicyclic amines) is 1. The fraction of sp³-hybridized carbons (Fsp3) is 0.667. The van der Waals surface area contributed by atoms with E-state index in [9.17, 15) is 0 Å². The van der Waals surface area contributed by atoms with Crippen LogP contribution in [0.2, 0.25) is 0 Å². The molecule has 1 heterocycles. The van der Waals surface area contributed by atoms with Gasteiger partial charge in [-0.3, -0.25) is 0 Å². The molecule has 1 unspecified atom stereocenters. The summed E-state index contributed by atoms with van der Waals surface area (Å²) in [5.41, 5.74) is 3.05. The van der Waals surface area contributed by atoms with Crippen molar-refractivity contribution in [1.82, 2.24) is 10.2 Å². The van der Waals surface area contributed by atoms with E-state index in [2.05, 4.69) is 51.3 Å². The number of hydrogen-bond donors (Lipinski definition) is 1. The maximum absolute atomic E-state index is 3.93. The fourth-order valence-corrected chi connectivity index (χ4v) is 4.35. The minimum Gasteiger partial charge on any atom is -0.307 e. The number of nitrogens with one attached hydrogen (secondary N) is 1. The van der Waals surface area contributed by atoms with Crippen LogP contribution >= 0.6 is 15.9 Å². The zero-order chi connectivity index (χ0) is 14.7. The first-order chi connectivity index (χ1) is 10.3. The summed E-state index contributed by atoms with van der Waals surface area (Å²) >= 11 is 3.70. The smallest absolute Gasteiger partial charge is 0.0328 e. The lowest BCUT2D eigenvalue weighted by Gasteiger charge is -2.34. The van der Waals surface area contributed by atoms with Gasteiger partial charge in [-0.25, -0.2) is 0 Å². The highest BCUT2D eigenvalue weighted by atomic mass is 79.9. The van der Waals surface area contributed by atoms with E-state index in [0.29, 0.717) is 12.1 Å². The first-order valence-electron chi connectivity index (χ1n) is 8.53. The van der Waals surface area contributed by atoms with Gasteiger partial charge in [-0.05, 0) is 68.9 Å². The summed E-state index contributed by atoms with van der Waals surface area (Å²) in [5.74, 6) is 0. The molecule has 21 heavy (non-hydrogen) atoms. The third-order valence-electron chi connectivity index (χ3n) is 5.07. The maximum atomic E-state index is 3.93. The highest BCUT2D eigenvalue weighted by Crippen LogP contribution is 2.36. The monoisotopic (exact) mass is 350 g/mol. The Balaban J connectivity index is 1.52. The molecule has 0 bridgehead atoms. The Bertz CT molecular complexity index is 466. The van der Waals surface area contributed by atoms with Crippen molar-refractivity contribution in [3.8, 4) is 0 Å². The van der Waals surface area contributed by atoms with Gasteiger partial charge in [0.1, 0.15) is 0 Å². The second kappa shape index (κ2) is 7.26. The summed E-state index contributed by atoms with van der Waals surface area (Å²) in [4.78, 5) is 2.64. The van der Waals surface area contributed by atoms with Crippen LogP contribution in [0.3, 0.4) is 0 Å². The van der Waals surface area contributed by atoms with Gasteiger partial charge in [-0.2, -0.15) is 0 Å². The molecule has 1 aromatic rings. The zero-order valence-electron chi connectivity index (χ0n) is 13.1. The van der Waals surface area contributed by atoms with Crippen LogP contribution in [0.5, 0.6) is 0 Å². The average molecular weight is 351 g/mol. The molecule has 2 aliphatic rings. The van der Waals surface area contributed by atoms with Gasteiger partial charge in [-0.1, -0.05) is 41.4 Å². The number of fused-ring (bicyclic) bond motifs is 1. The molecule has 116 valence electrons. The van der Waals surface area contributed by atoms with Crippen molar-refractivity contribution in [2.24, 2.45) is 0 Å².